The SMILES string of the molecule is CC(C)/C=C/C(C[C@@H]1OC(O)(CC(C)O)CCC1C(=O)N1CC[C@H](N)C1)OC1OC(C)C(O)C(N)C1O. The van der Waals surface area contributed by atoms with E-state index in [1.165, 1.54) is 0 Å². The summed E-state index contributed by atoms with van der Waals surface area (Å²) in [6.07, 6.45) is -0.871. The van der Waals surface area contributed by atoms with Crippen LogP contribution in [0.25, 0.3) is 0 Å². The molecular formula is C26H47N3O8. The molecule has 0 aromatic carbocycles. The molecule has 37 heavy (non-hydrogen) atoms. The number of likely N-dealkylation sites (tertiary alicyclic amines) is 1. The van der Waals surface area contributed by atoms with Crippen molar-refractivity contribution in [2.24, 2.45) is 23.3 Å². The Kier molecular flexibility index (Phi) is 10.5. The third-order valence-corrected chi connectivity index (χ3v) is 7.51. The molecule has 0 aromatic heterocycles. The van der Waals surface area contributed by atoms with E-state index in [2.05, 4.69) is 0 Å². The smallest absolute Gasteiger partial charge is 0.228 e. The Balaban J connectivity index is 1.83. The summed E-state index contributed by atoms with van der Waals surface area (Å²) in [5.74, 6) is -1.98. The maximum Gasteiger partial charge on any atom is 0.228 e. The van der Waals surface area contributed by atoms with E-state index in [9.17, 15) is 25.2 Å². The molecule has 3 rings (SSSR count). The van der Waals surface area contributed by atoms with E-state index in [1.54, 1.807) is 18.7 Å². The van der Waals surface area contributed by atoms with Gasteiger partial charge in [-0.15, -0.1) is 0 Å². The summed E-state index contributed by atoms with van der Waals surface area (Å²) in [6, 6.07) is -1.00. The van der Waals surface area contributed by atoms with Crippen molar-refractivity contribution in [2.75, 3.05) is 13.1 Å². The van der Waals surface area contributed by atoms with Gasteiger partial charge in [0.25, 0.3) is 0 Å². The molecule has 3 heterocycles. The van der Waals surface area contributed by atoms with Crippen LogP contribution in [0.5, 0.6) is 0 Å². The van der Waals surface area contributed by atoms with E-state index in [4.69, 9.17) is 25.7 Å². The second-order valence-electron chi connectivity index (χ2n) is 11.4. The number of hydrogen-bond donors (Lipinski definition) is 6. The van der Waals surface area contributed by atoms with Gasteiger partial charge in [-0.05, 0) is 32.6 Å². The van der Waals surface area contributed by atoms with Crippen LogP contribution in [-0.2, 0) is 19.0 Å². The molecule has 0 radical (unpaired) electrons. The molecule has 9 unspecified atom stereocenters. The lowest BCUT2D eigenvalue weighted by Crippen LogP contribution is -2.61. The molecule has 3 aliphatic rings. The van der Waals surface area contributed by atoms with Crippen molar-refractivity contribution in [1.29, 1.82) is 0 Å². The number of rotatable bonds is 9. The van der Waals surface area contributed by atoms with Crippen molar-refractivity contribution in [3.63, 3.8) is 0 Å². The number of carbonyl (C=O) groups is 1. The molecule has 0 saturated carbocycles. The normalized spacial score (nSPS) is 40.9. The average Bonchev–Trinajstić information content (AvgIpc) is 3.24. The van der Waals surface area contributed by atoms with Gasteiger partial charge < -0.3 is 51.0 Å². The summed E-state index contributed by atoms with van der Waals surface area (Å²) in [6.45, 7) is 8.31. The molecule has 0 spiro atoms. The maximum atomic E-state index is 13.5. The second kappa shape index (κ2) is 12.8. The minimum atomic E-state index is -1.58. The first-order chi connectivity index (χ1) is 17.3. The van der Waals surface area contributed by atoms with Crippen LogP contribution >= 0.6 is 0 Å². The van der Waals surface area contributed by atoms with E-state index < -0.39 is 60.7 Å². The first-order valence-corrected chi connectivity index (χ1v) is 13.5. The number of aliphatic hydroxyl groups excluding tert-OH is 3. The molecule has 11 atom stereocenters. The van der Waals surface area contributed by atoms with Crippen LogP contribution in [0.2, 0.25) is 0 Å². The number of ether oxygens (including phenoxy) is 3. The molecule has 8 N–H and O–H groups in total. The third kappa shape index (κ3) is 7.93. The molecule has 11 heteroatoms. The van der Waals surface area contributed by atoms with Crippen LogP contribution in [0, 0.1) is 11.8 Å². The predicted molar refractivity (Wildman–Crippen MR) is 136 cm³/mol. The van der Waals surface area contributed by atoms with Gasteiger partial charge in [0.2, 0.25) is 5.91 Å². The van der Waals surface area contributed by atoms with E-state index in [0.717, 1.165) is 6.42 Å². The maximum absolute atomic E-state index is 13.5. The number of nitrogens with zero attached hydrogens (tertiary/aromatic N) is 1. The van der Waals surface area contributed by atoms with Gasteiger partial charge in [-0.3, -0.25) is 4.79 Å². The van der Waals surface area contributed by atoms with Gasteiger partial charge >= 0.3 is 0 Å². The zero-order valence-corrected chi connectivity index (χ0v) is 22.5. The Morgan fingerprint density at radius 2 is 1.89 bits per heavy atom. The Morgan fingerprint density at radius 1 is 1.19 bits per heavy atom. The largest absolute Gasteiger partial charge is 0.393 e. The molecule has 3 saturated heterocycles. The average molecular weight is 530 g/mol. The zero-order chi connectivity index (χ0) is 27.5. The van der Waals surface area contributed by atoms with Gasteiger partial charge in [0, 0.05) is 38.4 Å². The van der Waals surface area contributed by atoms with Crippen LogP contribution in [-0.4, -0.2) is 105 Å². The zero-order valence-electron chi connectivity index (χ0n) is 22.5. The molecule has 0 bridgehead atoms. The summed E-state index contributed by atoms with van der Waals surface area (Å²) in [7, 11) is 0. The predicted octanol–water partition coefficient (Wildman–Crippen LogP) is -0.418. The number of aliphatic hydroxyl groups is 4. The fourth-order valence-corrected chi connectivity index (χ4v) is 5.43. The van der Waals surface area contributed by atoms with Crippen LogP contribution in [0.3, 0.4) is 0 Å². The standard InChI is InChI=1S/C26H47N3O8/c1-14(2)5-6-18(36-25-23(32)21(28)22(31)16(4)35-25)11-20-19(24(33)29-10-8-17(27)13-29)7-9-26(34,37-20)12-15(3)30/h5-6,14-23,25,30-32,34H,7-13,27-28H2,1-4H3/b6-5+/t15?,16?,17-,18?,19?,20-,21?,22?,23?,25?,26?/m0/s1. The van der Waals surface area contributed by atoms with Crippen LogP contribution in [0.4, 0.5) is 0 Å². The monoisotopic (exact) mass is 529 g/mol. The number of amides is 1. The van der Waals surface area contributed by atoms with E-state index in [-0.39, 0.29) is 37.1 Å². The molecule has 0 aliphatic carbocycles. The minimum Gasteiger partial charge on any atom is -0.393 e. The first kappa shape index (κ1) is 30.4. The molecule has 3 aliphatic heterocycles. The van der Waals surface area contributed by atoms with Crippen LogP contribution in [0.1, 0.15) is 59.8 Å². The molecule has 0 aromatic rings. The van der Waals surface area contributed by atoms with Gasteiger partial charge in [-0.2, -0.15) is 0 Å². The van der Waals surface area contributed by atoms with Crippen molar-refractivity contribution in [1.82, 2.24) is 4.90 Å². The number of hydrogen-bond acceptors (Lipinski definition) is 10. The summed E-state index contributed by atoms with van der Waals surface area (Å²) < 4.78 is 18.0. The van der Waals surface area contributed by atoms with Gasteiger partial charge in [0.05, 0.1) is 42.5 Å². The van der Waals surface area contributed by atoms with Gasteiger partial charge in [0.15, 0.2) is 12.1 Å². The Morgan fingerprint density at radius 3 is 2.49 bits per heavy atom. The Hall–Kier alpha value is -1.15. The lowest BCUT2D eigenvalue weighted by molar-refractivity contribution is -0.294. The summed E-state index contributed by atoms with van der Waals surface area (Å²) in [5, 5.41) is 41.8. The second-order valence-corrected chi connectivity index (χ2v) is 11.4. The van der Waals surface area contributed by atoms with Crippen molar-refractivity contribution < 1.29 is 39.4 Å². The van der Waals surface area contributed by atoms with Crippen molar-refractivity contribution in [3.8, 4) is 0 Å². The van der Waals surface area contributed by atoms with Gasteiger partial charge in [-0.25, -0.2) is 0 Å². The van der Waals surface area contributed by atoms with Crippen molar-refractivity contribution >= 4 is 5.91 Å². The van der Waals surface area contributed by atoms with Crippen molar-refractivity contribution in [2.45, 2.75) is 121 Å². The summed E-state index contributed by atoms with van der Waals surface area (Å²) in [4.78, 5) is 15.2. The summed E-state index contributed by atoms with van der Waals surface area (Å²) >= 11 is 0. The number of carbonyl (C=O) groups excluding carboxylic acids is 1. The first-order valence-electron chi connectivity index (χ1n) is 13.5. The lowest BCUT2D eigenvalue weighted by Gasteiger charge is -2.44. The van der Waals surface area contributed by atoms with Gasteiger partial charge in [0.1, 0.15) is 6.10 Å². The van der Waals surface area contributed by atoms with Crippen molar-refractivity contribution in [3.05, 3.63) is 12.2 Å². The van der Waals surface area contributed by atoms with E-state index >= 15 is 0 Å². The molecule has 1 amide bonds. The highest BCUT2D eigenvalue weighted by atomic mass is 16.7. The Bertz CT molecular complexity index is 783. The quantitative estimate of drug-likeness (QED) is 0.215. The molecule has 11 nitrogen and oxygen atoms in total. The lowest BCUT2D eigenvalue weighted by atomic mass is 9.84. The highest BCUT2D eigenvalue weighted by molar-refractivity contribution is 5.80. The van der Waals surface area contributed by atoms with Gasteiger partial charge in [-0.1, -0.05) is 26.0 Å². The summed E-state index contributed by atoms with van der Waals surface area (Å²) in [5.41, 5.74) is 12.0. The van der Waals surface area contributed by atoms with E-state index in [1.807, 2.05) is 26.0 Å². The van der Waals surface area contributed by atoms with Crippen LogP contribution < -0.4 is 11.5 Å². The van der Waals surface area contributed by atoms with Crippen LogP contribution in [0.15, 0.2) is 12.2 Å². The number of nitrogens with two attached hydrogens (primary N) is 2. The fraction of sp³-hybridized carbons (Fsp3) is 0.885. The highest BCUT2D eigenvalue weighted by Gasteiger charge is 2.47. The fourth-order valence-electron chi connectivity index (χ4n) is 5.43. The highest BCUT2D eigenvalue weighted by Crippen LogP contribution is 2.38. The topological polar surface area (TPSA) is 181 Å². The minimum absolute atomic E-state index is 0.0149. The molecular weight excluding hydrogens is 482 g/mol. The molecule has 3 fully saturated rings. The number of allylic oxidation sites excluding steroid dienone is 1. The van der Waals surface area contributed by atoms with E-state index in [0.29, 0.717) is 19.5 Å². The molecule has 214 valence electrons. The Labute approximate surface area is 219 Å². The third-order valence-electron chi connectivity index (χ3n) is 7.51.